The van der Waals surface area contributed by atoms with Gasteiger partial charge in [-0.15, -0.1) is 0 Å². The number of aromatic nitrogens is 3. The van der Waals surface area contributed by atoms with E-state index in [1.807, 2.05) is 6.92 Å². The number of carbonyl (C=O) groups is 1. The lowest BCUT2D eigenvalue weighted by atomic mass is 9.81. The molecule has 0 spiro atoms. The maximum Gasteiger partial charge on any atom is 0.241 e. The van der Waals surface area contributed by atoms with Crippen molar-refractivity contribution >= 4 is 34.4 Å². The van der Waals surface area contributed by atoms with E-state index in [1.54, 1.807) is 31.2 Å². The van der Waals surface area contributed by atoms with Crippen LogP contribution in [0.5, 0.6) is 0 Å². The van der Waals surface area contributed by atoms with Crippen molar-refractivity contribution < 1.29 is 9.53 Å². The number of carbonyl (C=O) groups excluding carboxylic acids is 1. The van der Waals surface area contributed by atoms with Crippen LogP contribution in [0.15, 0.2) is 26.5 Å². The summed E-state index contributed by atoms with van der Waals surface area (Å²) in [6.07, 6.45) is 3.47. The Morgan fingerprint density at radius 3 is 3.00 bits per heavy atom. The highest BCUT2D eigenvalue weighted by molar-refractivity contribution is 9.12. The topological polar surface area (TPSA) is 93.8 Å². The molecule has 0 aromatic carbocycles. The van der Waals surface area contributed by atoms with Crippen LogP contribution < -0.4 is 5.32 Å². The Morgan fingerprint density at radius 2 is 2.32 bits per heavy atom. The van der Waals surface area contributed by atoms with E-state index in [2.05, 4.69) is 41.3 Å². The summed E-state index contributed by atoms with van der Waals surface area (Å²) in [6, 6.07) is 0. The molecular formula is C13H15BrN6O2. The highest BCUT2D eigenvalue weighted by atomic mass is 79.9. The summed E-state index contributed by atoms with van der Waals surface area (Å²) in [5, 5.41) is 6.83. The third-order valence-electron chi connectivity index (χ3n) is 3.71. The molecule has 0 saturated heterocycles. The fraction of sp³-hybridized carbons (Fsp3) is 0.462. The second-order valence-corrected chi connectivity index (χ2v) is 6.17. The number of allylic oxidation sites excluding steroid dienone is 1. The van der Waals surface area contributed by atoms with Crippen molar-refractivity contribution in [3.05, 3.63) is 22.3 Å². The first-order valence-electron chi connectivity index (χ1n) is 6.71. The molecule has 2 aliphatic rings. The number of amides is 1. The predicted octanol–water partition coefficient (Wildman–Crippen LogP) is 1.07. The summed E-state index contributed by atoms with van der Waals surface area (Å²) in [4.78, 5) is 25.1. The van der Waals surface area contributed by atoms with Gasteiger partial charge in [-0.2, -0.15) is 5.10 Å². The molecule has 3 rings (SSSR count). The van der Waals surface area contributed by atoms with Gasteiger partial charge in [-0.3, -0.25) is 14.5 Å². The summed E-state index contributed by atoms with van der Waals surface area (Å²) < 4.78 is 8.22. The third kappa shape index (κ3) is 2.30. The Labute approximate surface area is 135 Å². The molecule has 0 radical (unpaired) electrons. The number of nitrogens with zero attached hydrogens (tertiary/aromatic N) is 5. The standard InChI is InChI=1S/C13H15BrN6O2/c1-7(10-18-6-20(3)19-10)22-12-13(2)9(8(14)4-15-12)16-5-17-11(13)21/h4-7,12H,1-3H3,(H,16,17,21). The molecule has 3 unspecified atom stereocenters. The zero-order chi connectivity index (χ0) is 15.9. The van der Waals surface area contributed by atoms with Gasteiger partial charge in [-0.1, -0.05) is 0 Å². The quantitative estimate of drug-likeness (QED) is 0.865. The van der Waals surface area contributed by atoms with Crippen LogP contribution >= 0.6 is 15.9 Å². The maximum atomic E-state index is 12.4. The molecule has 0 fully saturated rings. The Bertz CT molecular complexity index is 709. The second-order valence-electron chi connectivity index (χ2n) is 5.32. The zero-order valence-electron chi connectivity index (χ0n) is 12.3. The molecule has 0 aliphatic carbocycles. The van der Waals surface area contributed by atoms with E-state index < -0.39 is 17.7 Å². The normalized spacial score (nSPS) is 28.5. The van der Waals surface area contributed by atoms with Crippen LogP contribution in [-0.2, 0) is 16.6 Å². The van der Waals surface area contributed by atoms with Gasteiger partial charge in [0.15, 0.2) is 12.1 Å². The number of halogens is 1. The minimum absolute atomic E-state index is 0.211. The molecule has 8 nitrogen and oxygen atoms in total. The molecule has 0 saturated carbocycles. The molecule has 9 heteroatoms. The number of hydrogen-bond donors (Lipinski definition) is 1. The Hall–Kier alpha value is -1.87. The summed E-state index contributed by atoms with van der Waals surface area (Å²) in [7, 11) is 1.78. The number of fused-ring (bicyclic) bond motifs is 1. The van der Waals surface area contributed by atoms with E-state index in [9.17, 15) is 4.79 Å². The molecule has 3 heterocycles. The van der Waals surface area contributed by atoms with E-state index in [1.165, 1.54) is 6.34 Å². The fourth-order valence-corrected chi connectivity index (χ4v) is 3.03. The van der Waals surface area contributed by atoms with Crippen molar-refractivity contribution in [3.8, 4) is 0 Å². The minimum atomic E-state index is -1.01. The van der Waals surface area contributed by atoms with E-state index in [4.69, 9.17) is 4.74 Å². The van der Waals surface area contributed by atoms with Gasteiger partial charge in [0.25, 0.3) is 0 Å². The van der Waals surface area contributed by atoms with Crippen molar-refractivity contribution in [2.45, 2.75) is 26.2 Å². The molecule has 22 heavy (non-hydrogen) atoms. The highest BCUT2D eigenvalue weighted by Gasteiger charge is 2.50. The summed E-state index contributed by atoms with van der Waals surface area (Å²) in [5.41, 5.74) is -0.414. The van der Waals surface area contributed by atoms with Crippen molar-refractivity contribution in [1.82, 2.24) is 20.1 Å². The van der Waals surface area contributed by atoms with Gasteiger partial charge in [-0.05, 0) is 29.8 Å². The van der Waals surface area contributed by atoms with Crippen molar-refractivity contribution in [3.63, 3.8) is 0 Å². The number of dihydropyridines is 1. The zero-order valence-corrected chi connectivity index (χ0v) is 13.9. The summed E-state index contributed by atoms with van der Waals surface area (Å²) in [5.74, 6) is 0.327. The van der Waals surface area contributed by atoms with E-state index in [-0.39, 0.29) is 5.91 Å². The number of aliphatic imine (C=N–C) groups is 2. The summed E-state index contributed by atoms with van der Waals surface area (Å²) >= 11 is 3.39. The Kier molecular flexibility index (Phi) is 3.69. The number of hydrogen-bond acceptors (Lipinski definition) is 6. The van der Waals surface area contributed by atoms with Crippen LogP contribution in [0.25, 0.3) is 0 Å². The van der Waals surface area contributed by atoms with Crippen LogP contribution in [-0.4, -0.2) is 39.5 Å². The molecule has 1 aromatic rings. The monoisotopic (exact) mass is 366 g/mol. The van der Waals surface area contributed by atoms with Crippen LogP contribution in [0.1, 0.15) is 25.8 Å². The SMILES string of the molecule is CC(OC1N=CC(Br)=C2N=CNC(=O)C21C)c1ncn(C)n1. The molecule has 0 bridgehead atoms. The van der Waals surface area contributed by atoms with Crippen LogP contribution in [0, 0.1) is 5.41 Å². The molecule has 1 N–H and O–H groups in total. The van der Waals surface area contributed by atoms with Gasteiger partial charge in [0, 0.05) is 13.3 Å². The minimum Gasteiger partial charge on any atom is -0.344 e. The smallest absolute Gasteiger partial charge is 0.241 e. The van der Waals surface area contributed by atoms with Crippen molar-refractivity contribution in [1.29, 1.82) is 0 Å². The van der Waals surface area contributed by atoms with Crippen molar-refractivity contribution in [2.24, 2.45) is 22.4 Å². The van der Waals surface area contributed by atoms with E-state index >= 15 is 0 Å². The second kappa shape index (κ2) is 5.40. The number of rotatable bonds is 3. The van der Waals surface area contributed by atoms with Crippen molar-refractivity contribution in [2.75, 3.05) is 0 Å². The van der Waals surface area contributed by atoms with E-state index in [0.717, 1.165) is 0 Å². The van der Waals surface area contributed by atoms with Gasteiger partial charge in [-0.25, -0.2) is 9.98 Å². The molecule has 1 aromatic heterocycles. The first kappa shape index (κ1) is 15.0. The lowest BCUT2D eigenvalue weighted by molar-refractivity contribution is -0.138. The van der Waals surface area contributed by atoms with Crippen LogP contribution in [0.2, 0.25) is 0 Å². The van der Waals surface area contributed by atoms with Crippen LogP contribution in [0.4, 0.5) is 0 Å². The molecular weight excluding hydrogens is 352 g/mol. The Balaban J connectivity index is 1.90. The molecule has 3 atom stereocenters. The van der Waals surface area contributed by atoms with E-state index in [0.29, 0.717) is 16.0 Å². The molecule has 116 valence electrons. The maximum absolute atomic E-state index is 12.4. The fourth-order valence-electron chi connectivity index (χ4n) is 2.40. The highest BCUT2D eigenvalue weighted by Crippen LogP contribution is 2.43. The van der Waals surface area contributed by atoms with Gasteiger partial charge in [0.1, 0.15) is 17.8 Å². The average Bonchev–Trinajstić information content (AvgIpc) is 2.91. The van der Waals surface area contributed by atoms with Gasteiger partial charge in [0.2, 0.25) is 5.91 Å². The third-order valence-corrected chi connectivity index (χ3v) is 4.29. The first-order valence-corrected chi connectivity index (χ1v) is 7.50. The van der Waals surface area contributed by atoms with Gasteiger partial charge < -0.3 is 10.1 Å². The van der Waals surface area contributed by atoms with Gasteiger partial charge in [0.05, 0.1) is 16.5 Å². The van der Waals surface area contributed by atoms with Crippen LogP contribution in [0.3, 0.4) is 0 Å². The van der Waals surface area contributed by atoms with Gasteiger partial charge >= 0.3 is 0 Å². The predicted molar refractivity (Wildman–Crippen MR) is 83.5 cm³/mol. The summed E-state index contributed by atoms with van der Waals surface area (Å²) in [6.45, 7) is 3.58. The number of aryl methyl sites for hydroxylation is 1. The number of ether oxygens (including phenoxy) is 1. The molecule has 2 aliphatic heterocycles. The largest absolute Gasteiger partial charge is 0.344 e. The number of nitrogens with one attached hydrogen (secondary N) is 1. The lowest BCUT2D eigenvalue weighted by Crippen LogP contribution is -2.52. The average molecular weight is 367 g/mol. The lowest BCUT2D eigenvalue weighted by Gasteiger charge is -2.38. The first-order chi connectivity index (χ1) is 10.4. The molecule has 1 amide bonds. The Morgan fingerprint density at radius 1 is 1.55 bits per heavy atom.